The fourth-order valence-electron chi connectivity index (χ4n) is 3.88. The molecule has 0 saturated carbocycles. The molecule has 2 aromatic carbocycles. The molecule has 3 rings (SSSR count). The zero-order chi connectivity index (χ0) is 29.5. The third kappa shape index (κ3) is 9.10. The summed E-state index contributed by atoms with van der Waals surface area (Å²) in [5, 5.41) is 38.2. The quantitative estimate of drug-likeness (QED) is 0.167. The molecule has 0 atom stereocenters. The van der Waals surface area contributed by atoms with Gasteiger partial charge in [0.05, 0.1) is 5.71 Å². The molecule has 0 aliphatic heterocycles. The van der Waals surface area contributed by atoms with Gasteiger partial charge >= 0.3 is 0 Å². The minimum absolute atomic E-state index is 0.00548. The molecular weight excluding hydrogens is 500 g/mol. The number of nitrogens with zero attached hydrogens (tertiary/aromatic N) is 5. The Kier molecular flexibility index (Phi) is 13.1. The molecule has 2 aromatic rings. The van der Waals surface area contributed by atoms with E-state index in [4.69, 9.17) is 5.84 Å². The molecule has 40 heavy (non-hydrogen) atoms. The van der Waals surface area contributed by atoms with Crippen LogP contribution in [0.25, 0.3) is 0 Å². The lowest BCUT2D eigenvalue weighted by atomic mass is 9.98. The number of nitrogens with two attached hydrogens (primary N) is 1. The van der Waals surface area contributed by atoms with Crippen molar-refractivity contribution in [2.75, 3.05) is 10.2 Å². The fraction of sp³-hybridized carbons (Fsp3) is 0.281. The Bertz CT molecular complexity index is 1340. The maximum absolute atomic E-state index is 11.3. The first kappa shape index (κ1) is 31.8. The van der Waals surface area contributed by atoms with E-state index in [2.05, 4.69) is 15.3 Å². The first-order valence-corrected chi connectivity index (χ1v) is 13.6. The number of phenolic OH excluding ortho intramolecular Hbond substituents is 2. The standard InChI is InChI=1S/C30H36N6O2.C2H6/c1-5-7-12-16-33-36(32-15-8-6-2)28-20-23(4)18-25(30(28)38)21-24-17-22(3)19-27(29(24)37)35(31)34-26-13-10-9-11-14-26;1-2/h6-13,15-20,37-38H,5,14,21,31H2,1-4H3;1-2H3/b8-6-,12-7-,32-15+,33-16+,34-26-;. The minimum atomic E-state index is 0.00548. The van der Waals surface area contributed by atoms with E-state index in [9.17, 15) is 10.2 Å². The zero-order valence-corrected chi connectivity index (χ0v) is 24.4. The molecule has 4 N–H and O–H groups in total. The highest BCUT2D eigenvalue weighted by Crippen LogP contribution is 2.38. The molecule has 0 saturated heterocycles. The van der Waals surface area contributed by atoms with Crippen LogP contribution in [0.4, 0.5) is 11.4 Å². The topological polar surface area (TPSA) is 110 Å². The Labute approximate surface area is 238 Å². The van der Waals surface area contributed by atoms with E-state index >= 15 is 0 Å². The Balaban J connectivity index is 0.00000274. The summed E-state index contributed by atoms with van der Waals surface area (Å²) in [6.07, 6.45) is 20.2. The normalized spacial score (nSPS) is 14.1. The Morgan fingerprint density at radius 2 is 1.50 bits per heavy atom. The number of benzene rings is 2. The van der Waals surface area contributed by atoms with Crippen molar-refractivity contribution in [3.8, 4) is 11.5 Å². The average molecular weight is 543 g/mol. The highest BCUT2D eigenvalue weighted by atomic mass is 16.3. The summed E-state index contributed by atoms with van der Waals surface area (Å²) in [5.41, 5.74) is 4.64. The van der Waals surface area contributed by atoms with E-state index in [1.807, 2.05) is 102 Å². The molecule has 8 nitrogen and oxygen atoms in total. The molecule has 1 aliphatic carbocycles. The monoisotopic (exact) mass is 542 g/mol. The van der Waals surface area contributed by atoms with Crippen molar-refractivity contribution in [2.45, 2.75) is 60.8 Å². The zero-order valence-electron chi connectivity index (χ0n) is 24.4. The molecule has 8 heteroatoms. The van der Waals surface area contributed by atoms with E-state index < -0.39 is 0 Å². The first-order chi connectivity index (χ1) is 19.3. The maximum Gasteiger partial charge on any atom is 0.146 e. The van der Waals surface area contributed by atoms with Crippen molar-refractivity contribution in [3.63, 3.8) is 0 Å². The van der Waals surface area contributed by atoms with Crippen molar-refractivity contribution in [1.29, 1.82) is 0 Å². The number of hydrogen-bond acceptors (Lipinski definition) is 8. The van der Waals surface area contributed by atoms with Crippen LogP contribution in [0.15, 0.2) is 88.2 Å². The lowest BCUT2D eigenvalue weighted by Gasteiger charge is -2.20. The molecule has 0 radical (unpaired) electrons. The van der Waals surface area contributed by atoms with Crippen LogP contribution in [0, 0.1) is 13.8 Å². The molecule has 212 valence electrons. The van der Waals surface area contributed by atoms with Crippen molar-refractivity contribution in [2.24, 2.45) is 21.1 Å². The number of aryl methyl sites for hydroxylation is 2. The summed E-state index contributed by atoms with van der Waals surface area (Å²) >= 11 is 0. The molecule has 0 fully saturated rings. The molecule has 0 spiro atoms. The smallest absolute Gasteiger partial charge is 0.146 e. The average Bonchev–Trinajstić information content (AvgIpc) is 2.95. The number of aromatic hydroxyl groups is 2. The van der Waals surface area contributed by atoms with Crippen LogP contribution in [-0.2, 0) is 6.42 Å². The highest BCUT2D eigenvalue weighted by molar-refractivity contribution is 5.97. The van der Waals surface area contributed by atoms with E-state index in [1.54, 1.807) is 24.6 Å². The van der Waals surface area contributed by atoms with Gasteiger partial charge in [0, 0.05) is 36.4 Å². The number of hydrazine groups is 1. The third-order valence-electron chi connectivity index (χ3n) is 5.66. The number of allylic oxidation sites excluding steroid dienone is 8. The number of rotatable bonds is 10. The summed E-state index contributed by atoms with van der Waals surface area (Å²) in [4.78, 5) is 0. The van der Waals surface area contributed by atoms with Gasteiger partial charge in [-0.3, -0.25) is 0 Å². The van der Waals surface area contributed by atoms with E-state index in [-0.39, 0.29) is 17.9 Å². The molecule has 0 unspecified atom stereocenters. The number of phenols is 2. The van der Waals surface area contributed by atoms with Crippen LogP contribution in [0.2, 0.25) is 0 Å². The van der Waals surface area contributed by atoms with Gasteiger partial charge in [-0.05, 0) is 68.7 Å². The molecular formula is C32H42N6O2. The Hall–Kier alpha value is -4.43. The molecule has 0 bridgehead atoms. The second kappa shape index (κ2) is 16.5. The maximum atomic E-state index is 11.3. The largest absolute Gasteiger partial charge is 0.505 e. The van der Waals surface area contributed by atoms with E-state index in [1.165, 1.54) is 10.2 Å². The summed E-state index contributed by atoms with van der Waals surface area (Å²) < 4.78 is 0. The minimum Gasteiger partial charge on any atom is -0.505 e. The third-order valence-corrected chi connectivity index (χ3v) is 5.66. The second-order valence-corrected chi connectivity index (χ2v) is 8.87. The van der Waals surface area contributed by atoms with Crippen LogP contribution < -0.4 is 16.1 Å². The van der Waals surface area contributed by atoms with Gasteiger partial charge in [-0.25, -0.2) is 5.84 Å². The lowest BCUT2D eigenvalue weighted by molar-refractivity contribution is 0.462. The first-order valence-electron chi connectivity index (χ1n) is 13.6. The van der Waals surface area contributed by atoms with Crippen molar-refractivity contribution < 1.29 is 10.2 Å². The van der Waals surface area contributed by atoms with Crippen LogP contribution in [0.3, 0.4) is 0 Å². The van der Waals surface area contributed by atoms with Crippen LogP contribution in [0.5, 0.6) is 11.5 Å². The number of anilines is 2. The molecule has 0 aromatic heterocycles. The van der Waals surface area contributed by atoms with Gasteiger partial charge in [0.2, 0.25) is 0 Å². The molecule has 0 amide bonds. The number of hydrazone groups is 3. The molecule has 0 heterocycles. The lowest BCUT2D eigenvalue weighted by Crippen LogP contribution is -2.26. The second-order valence-electron chi connectivity index (χ2n) is 8.87. The predicted octanol–water partition coefficient (Wildman–Crippen LogP) is 7.20. The van der Waals surface area contributed by atoms with Gasteiger partial charge in [0.1, 0.15) is 22.9 Å². The van der Waals surface area contributed by atoms with Gasteiger partial charge in [-0.1, -0.05) is 63.3 Å². The van der Waals surface area contributed by atoms with Gasteiger partial charge in [-0.2, -0.15) is 20.4 Å². The Morgan fingerprint density at radius 1 is 0.900 bits per heavy atom. The van der Waals surface area contributed by atoms with E-state index in [0.717, 1.165) is 23.3 Å². The van der Waals surface area contributed by atoms with E-state index in [0.29, 0.717) is 28.9 Å². The van der Waals surface area contributed by atoms with Crippen LogP contribution >= 0.6 is 0 Å². The van der Waals surface area contributed by atoms with Crippen LogP contribution in [-0.4, -0.2) is 28.4 Å². The SMILES string of the molecule is C/C=C\C=N\N(/N=C/C=C\CC)c1cc(C)cc(Cc2cc(C)cc(N(N)/N=C3/C=CC=CC3)c2O)c1O.CC. The predicted molar refractivity (Wildman–Crippen MR) is 171 cm³/mol. The Morgan fingerprint density at radius 3 is 2.08 bits per heavy atom. The van der Waals surface area contributed by atoms with Gasteiger partial charge in [-0.15, -0.1) is 5.12 Å². The van der Waals surface area contributed by atoms with Gasteiger partial charge in [0.15, 0.2) is 0 Å². The summed E-state index contributed by atoms with van der Waals surface area (Å²) in [6.45, 7) is 11.8. The highest BCUT2D eigenvalue weighted by Gasteiger charge is 2.19. The summed E-state index contributed by atoms with van der Waals surface area (Å²) in [6, 6.07) is 7.36. The van der Waals surface area contributed by atoms with Crippen LogP contribution in [0.1, 0.15) is 62.8 Å². The van der Waals surface area contributed by atoms with Gasteiger partial charge < -0.3 is 10.2 Å². The van der Waals surface area contributed by atoms with Crippen molar-refractivity contribution in [3.05, 3.63) is 95.1 Å². The number of hydrogen-bond donors (Lipinski definition) is 3. The fourth-order valence-corrected chi connectivity index (χ4v) is 3.88. The van der Waals surface area contributed by atoms with Crippen molar-refractivity contribution >= 4 is 29.5 Å². The molecule has 1 aliphatic rings. The summed E-state index contributed by atoms with van der Waals surface area (Å²) in [7, 11) is 0. The van der Waals surface area contributed by atoms with Crippen molar-refractivity contribution in [1.82, 2.24) is 0 Å². The van der Waals surface area contributed by atoms with Gasteiger partial charge in [0.25, 0.3) is 0 Å². The summed E-state index contributed by atoms with van der Waals surface area (Å²) in [5.74, 6) is 6.26.